The molecule has 0 aliphatic heterocycles. The maximum Gasteiger partial charge on any atom is 0.222 e. The van der Waals surface area contributed by atoms with Gasteiger partial charge in [-0.1, -0.05) is 13.8 Å². The van der Waals surface area contributed by atoms with E-state index in [0.29, 0.717) is 18.5 Å². The summed E-state index contributed by atoms with van der Waals surface area (Å²) in [6.45, 7) is 6.51. The molecule has 0 bridgehead atoms. The lowest BCUT2D eigenvalue weighted by molar-refractivity contribution is 0.118. The Kier molecular flexibility index (Phi) is 4.93. The smallest absolute Gasteiger partial charge is 0.222 e. The molecule has 4 nitrogen and oxygen atoms in total. The Morgan fingerprint density at radius 1 is 1.36 bits per heavy atom. The minimum atomic E-state index is 0.586. The van der Waals surface area contributed by atoms with Gasteiger partial charge in [0.05, 0.1) is 6.61 Å². The molecule has 1 aromatic rings. The zero-order chi connectivity index (χ0) is 10.2. The summed E-state index contributed by atoms with van der Waals surface area (Å²) in [7, 11) is 0. The monoisotopic (exact) mass is 195 g/mol. The van der Waals surface area contributed by atoms with E-state index in [1.54, 1.807) is 18.5 Å². The van der Waals surface area contributed by atoms with Crippen LogP contribution in [0.2, 0.25) is 0 Å². The van der Waals surface area contributed by atoms with Gasteiger partial charge in [0.25, 0.3) is 0 Å². The van der Waals surface area contributed by atoms with Gasteiger partial charge in [-0.2, -0.15) is 0 Å². The lowest BCUT2D eigenvalue weighted by atomic mass is 10.2. The zero-order valence-corrected chi connectivity index (χ0v) is 8.73. The first kappa shape index (κ1) is 10.9. The molecule has 1 N–H and O–H groups in total. The minimum Gasteiger partial charge on any atom is -0.379 e. The van der Waals surface area contributed by atoms with Crippen molar-refractivity contribution in [1.82, 2.24) is 9.97 Å². The highest BCUT2D eigenvalue weighted by Crippen LogP contribution is 1.94. The van der Waals surface area contributed by atoms with Gasteiger partial charge < -0.3 is 10.1 Å². The van der Waals surface area contributed by atoms with Crippen LogP contribution in [0.4, 0.5) is 5.95 Å². The molecule has 0 fully saturated rings. The van der Waals surface area contributed by atoms with E-state index in [2.05, 4.69) is 29.1 Å². The van der Waals surface area contributed by atoms with Gasteiger partial charge in [0.15, 0.2) is 0 Å². The summed E-state index contributed by atoms with van der Waals surface area (Å²) in [5, 5.41) is 3.07. The fourth-order valence-corrected chi connectivity index (χ4v) is 0.944. The van der Waals surface area contributed by atoms with Crippen molar-refractivity contribution in [2.24, 2.45) is 5.92 Å². The normalized spacial score (nSPS) is 10.5. The quantitative estimate of drug-likeness (QED) is 0.700. The summed E-state index contributed by atoms with van der Waals surface area (Å²) in [5.74, 6) is 1.24. The van der Waals surface area contributed by atoms with Crippen LogP contribution in [0.25, 0.3) is 0 Å². The van der Waals surface area contributed by atoms with Gasteiger partial charge in [-0.25, -0.2) is 9.97 Å². The van der Waals surface area contributed by atoms with Crippen molar-refractivity contribution in [3.05, 3.63) is 18.5 Å². The van der Waals surface area contributed by atoms with E-state index in [9.17, 15) is 0 Å². The standard InChI is InChI=1S/C10H17N3O/c1-9(2)8-14-7-6-13-10-11-4-3-5-12-10/h3-5,9H,6-8H2,1-2H3,(H,11,12,13). The first-order chi connectivity index (χ1) is 6.79. The molecule has 0 aliphatic carbocycles. The van der Waals surface area contributed by atoms with Gasteiger partial charge in [-0.05, 0) is 12.0 Å². The van der Waals surface area contributed by atoms with Crippen molar-refractivity contribution in [1.29, 1.82) is 0 Å². The van der Waals surface area contributed by atoms with Crippen molar-refractivity contribution in [2.75, 3.05) is 25.1 Å². The molecule has 0 spiro atoms. The summed E-state index contributed by atoms with van der Waals surface area (Å²) in [6.07, 6.45) is 3.43. The summed E-state index contributed by atoms with van der Waals surface area (Å²) < 4.78 is 5.40. The number of aromatic nitrogens is 2. The summed E-state index contributed by atoms with van der Waals surface area (Å²) in [6, 6.07) is 1.79. The third-order valence-corrected chi connectivity index (χ3v) is 1.55. The van der Waals surface area contributed by atoms with Crippen LogP contribution in [0.3, 0.4) is 0 Å². The topological polar surface area (TPSA) is 47.0 Å². The Hall–Kier alpha value is -1.16. The molecule has 0 atom stereocenters. The van der Waals surface area contributed by atoms with Crippen LogP contribution >= 0.6 is 0 Å². The first-order valence-corrected chi connectivity index (χ1v) is 4.87. The largest absolute Gasteiger partial charge is 0.379 e. The van der Waals surface area contributed by atoms with Crippen LogP contribution in [-0.4, -0.2) is 29.7 Å². The van der Waals surface area contributed by atoms with Crippen LogP contribution in [0.15, 0.2) is 18.5 Å². The van der Waals surface area contributed by atoms with Crippen molar-refractivity contribution in [3.8, 4) is 0 Å². The van der Waals surface area contributed by atoms with Gasteiger partial charge in [-0.15, -0.1) is 0 Å². The van der Waals surface area contributed by atoms with Crippen LogP contribution in [0.1, 0.15) is 13.8 Å². The predicted octanol–water partition coefficient (Wildman–Crippen LogP) is 1.56. The second kappa shape index (κ2) is 6.32. The highest BCUT2D eigenvalue weighted by molar-refractivity contribution is 5.21. The molecule has 4 heteroatoms. The molecule has 1 heterocycles. The van der Waals surface area contributed by atoms with Crippen LogP contribution in [0.5, 0.6) is 0 Å². The first-order valence-electron chi connectivity index (χ1n) is 4.87. The Morgan fingerprint density at radius 2 is 2.07 bits per heavy atom. The van der Waals surface area contributed by atoms with Gasteiger partial charge in [0, 0.05) is 25.5 Å². The number of nitrogens with zero attached hydrogens (tertiary/aromatic N) is 2. The average Bonchev–Trinajstić information content (AvgIpc) is 2.18. The number of ether oxygens (including phenoxy) is 1. The predicted molar refractivity (Wildman–Crippen MR) is 56.2 cm³/mol. The van der Waals surface area contributed by atoms with E-state index in [1.807, 2.05) is 0 Å². The molecule has 14 heavy (non-hydrogen) atoms. The molecule has 0 saturated heterocycles. The molecule has 1 rings (SSSR count). The van der Waals surface area contributed by atoms with E-state index in [-0.39, 0.29) is 0 Å². The summed E-state index contributed by atoms with van der Waals surface area (Å²) >= 11 is 0. The van der Waals surface area contributed by atoms with Crippen LogP contribution in [-0.2, 0) is 4.74 Å². The Balaban J connectivity index is 2.05. The molecule has 0 radical (unpaired) electrons. The summed E-state index contributed by atoms with van der Waals surface area (Å²) in [5.41, 5.74) is 0. The molecule has 0 aliphatic rings. The molecule has 0 amide bonds. The van der Waals surface area contributed by atoms with E-state index in [0.717, 1.165) is 13.2 Å². The summed E-state index contributed by atoms with van der Waals surface area (Å²) in [4.78, 5) is 8.07. The second-order valence-corrected chi connectivity index (χ2v) is 3.47. The highest BCUT2D eigenvalue weighted by atomic mass is 16.5. The minimum absolute atomic E-state index is 0.586. The maximum atomic E-state index is 5.40. The Bertz CT molecular complexity index is 238. The molecule has 0 saturated carbocycles. The fraction of sp³-hybridized carbons (Fsp3) is 0.600. The van der Waals surface area contributed by atoms with Crippen molar-refractivity contribution in [3.63, 3.8) is 0 Å². The maximum absolute atomic E-state index is 5.40. The van der Waals surface area contributed by atoms with Gasteiger partial charge in [-0.3, -0.25) is 0 Å². The third kappa shape index (κ3) is 4.77. The molecule has 0 unspecified atom stereocenters. The lowest BCUT2D eigenvalue weighted by Crippen LogP contribution is -2.13. The van der Waals surface area contributed by atoms with Gasteiger partial charge >= 0.3 is 0 Å². The molecule has 0 aromatic carbocycles. The molecular weight excluding hydrogens is 178 g/mol. The lowest BCUT2D eigenvalue weighted by Gasteiger charge is -2.07. The molecule has 1 aromatic heterocycles. The van der Waals surface area contributed by atoms with Crippen molar-refractivity contribution >= 4 is 5.95 Å². The van der Waals surface area contributed by atoms with Crippen LogP contribution < -0.4 is 5.32 Å². The van der Waals surface area contributed by atoms with Crippen molar-refractivity contribution < 1.29 is 4.74 Å². The number of hydrogen-bond acceptors (Lipinski definition) is 4. The highest BCUT2D eigenvalue weighted by Gasteiger charge is 1.94. The van der Waals surface area contributed by atoms with Gasteiger partial charge in [0.2, 0.25) is 5.95 Å². The average molecular weight is 195 g/mol. The number of rotatable bonds is 6. The van der Waals surface area contributed by atoms with E-state index in [1.165, 1.54) is 0 Å². The number of hydrogen-bond donors (Lipinski definition) is 1. The second-order valence-electron chi connectivity index (χ2n) is 3.47. The molecule has 78 valence electrons. The number of anilines is 1. The van der Waals surface area contributed by atoms with E-state index >= 15 is 0 Å². The third-order valence-electron chi connectivity index (χ3n) is 1.55. The SMILES string of the molecule is CC(C)COCCNc1ncccn1. The number of nitrogens with one attached hydrogen (secondary N) is 1. The van der Waals surface area contributed by atoms with E-state index in [4.69, 9.17) is 4.74 Å². The zero-order valence-electron chi connectivity index (χ0n) is 8.73. The van der Waals surface area contributed by atoms with Gasteiger partial charge in [0.1, 0.15) is 0 Å². The van der Waals surface area contributed by atoms with E-state index < -0.39 is 0 Å². The fourth-order valence-electron chi connectivity index (χ4n) is 0.944. The molecular formula is C10H17N3O. The van der Waals surface area contributed by atoms with Crippen molar-refractivity contribution in [2.45, 2.75) is 13.8 Å². The van der Waals surface area contributed by atoms with Crippen LogP contribution in [0, 0.1) is 5.92 Å². The Labute approximate surface area is 84.7 Å². The Morgan fingerprint density at radius 3 is 2.71 bits per heavy atom.